The molecule has 0 saturated heterocycles. The van der Waals surface area contributed by atoms with Crippen molar-refractivity contribution in [1.82, 2.24) is 0 Å². The molecule has 0 unspecified atom stereocenters. The second-order valence-electron chi connectivity index (χ2n) is 6.84. The van der Waals surface area contributed by atoms with E-state index in [9.17, 15) is 20.1 Å². The molecule has 3 aliphatic rings. The molecule has 0 aromatic carbocycles. The van der Waals surface area contributed by atoms with Crippen molar-refractivity contribution in [3.63, 3.8) is 0 Å². The van der Waals surface area contributed by atoms with Gasteiger partial charge in [-0.15, -0.1) is 0 Å². The Morgan fingerprint density at radius 3 is 2.68 bits per heavy atom. The van der Waals surface area contributed by atoms with Crippen LogP contribution in [0, 0.1) is 22.7 Å². The molecular formula is C15H22O4. The number of carbonyl (C=O) groups is 1. The maximum atomic E-state index is 11.5. The lowest BCUT2D eigenvalue weighted by atomic mass is 9.52. The molecule has 3 N–H and O–H groups in total. The Morgan fingerprint density at radius 2 is 2.11 bits per heavy atom. The third kappa shape index (κ3) is 1.29. The number of rotatable bonds is 2. The van der Waals surface area contributed by atoms with Crippen molar-refractivity contribution in [2.24, 2.45) is 22.7 Å². The van der Waals surface area contributed by atoms with Crippen molar-refractivity contribution in [3.05, 3.63) is 11.1 Å². The van der Waals surface area contributed by atoms with Crippen LogP contribution in [-0.4, -0.2) is 34.0 Å². The second-order valence-corrected chi connectivity index (χ2v) is 6.84. The number of fused-ring (bicyclic) bond motifs is 1. The first-order valence-corrected chi connectivity index (χ1v) is 7.14. The monoisotopic (exact) mass is 266 g/mol. The van der Waals surface area contributed by atoms with Gasteiger partial charge in [-0.05, 0) is 43.1 Å². The molecule has 2 fully saturated rings. The van der Waals surface area contributed by atoms with Gasteiger partial charge in [-0.25, -0.2) is 4.79 Å². The van der Waals surface area contributed by atoms with Crippen LogP contribution in [0.25, 0.3) is 0 Å². The van der Waals surface area contributed by atoms with Gasteiger partial charge in [0.1, 0.15) is 0 Å². The van der Waals surface area contributed by atoms with E-state index in [1.807, 2.05) is 0 Å². The zero-order valence-electron chi connectivity index (χ0n) is 11.5. The maximum absolute atomic E-state index is 11.5. The first kappa shape index (κ1) is 13.1. The lowest BCUT2D eigenvalue weighted by Crippen LogP contribution is -2.49. The van der Waals surface area contributed by atoms with E-state index in [4.69, 9.17) is 0 Å². The van der Waals surface area contributed by atoms with Gasteiger partial charge in [0.05, 0.1) is 11.7 Å². The van der Waals surface area contributed by atoms with Crippen molar-refractivity contribution in [1.29, 1.82) is 0 Å². The second kappa shape index (κ2) is 3.83. The molecular weight excluding hydrogens is 244 g/mol. The number of hydrogen-bond acceptors (Lipinski definition) is 3. The van der Waals surface area contributed by atoms with Gasteiger partial charge < -0.3 is 15.3 Å². The van der Waals surface area contributed by atoms with Gasteiger partial charge in [0.15, 0.2) is 0 Å². The minimum atomic E-state index is -0.987. The molecule has 5 atom stereocenters. The highest BCUT2D eigenvalue weighted by Crippen LogP contribution is 2.72. The SMILES string of the molecule is C[C@@H]1CC[C@@H]2CC3=C(C(=O)O)[C@@H](O)C[C@@]31[C@]2(C)CO. The van der Waals surface area contributed by atoms with E-state index in [0.29, 0.717) is 18.3 Å². The molecule has 0 radical (unpaired) electrons. The van der Waals surface area contributed by atoms with Crippen LogP contribution >= 0.6 is 0 Å². The fourth-order valence-corrected chi connectivity index (χ4v) is 5.40. The molecule has 0 amide bonds. The summed E-state index contributed by atoms with van der Waals surface area (Å²) in [6.45, 7) is 4.30. The Morgan fingerprint density at radius 1 is 1.42 bits per heavy atom. The van der Waals surface area contributed by atoms with Crippen LogP contribution in [0.15, 0.2) is 11.1 Å². The van der Waals surface area contributed by atoms with E-state index in [1.54, 1.807) is 0 Å². The quantitative estimate of drug-likeness (QED) is 0.709. The molecule has 19 heavy (non-hydrogen) atoms. The molecule has 0 aromatic heterocycles. The third-order valence-corrected chi connectivity index (χ3v) is 6.43. The van der Waals surface area contributed by atoms with Crippen molar-refractivity contribution in [3.8, 4) is 0 Å². The van der Waals surface area contributed by atoms with Crippen LogP contribution in [0.3, 0.4) is 0 Å². The maximum Gasteiger partial charge on any atom is 0.334 e. The van der Waals surface area contributed by atoms with E-state index >= 15 is 0 Å². The number of carboxylic acids is 1. The Bertz CT molecular complexity index is 469. The molecule has 4 nitrogen and oxygen atoms in total. The lowest BCUT2D eigenvalue weighted by molar-refractivity contribution is -0.133. The predicted octanol–water partition coefficient (Wildman–Crippen LogP) is 1.57. The summed E-state index contributed by atoms with van der Waals surface area (Å²) in [6.07, 6.45) is 2.44. The smallest absolute Gasteiger partial charge is 0.334 e. The van der Waals surface area contributed by atoms with Crippen molar-refractivity contribution < 1.29 is 20.1 Å². The van der Waals surface area contributed by atoms with Crippen molar-refractivity contribution in [2.75, 3.05) is 6.61 Å². The fraction of sp³-hybridized carbons (Fsp3) is 0.800. The zero-order valence-corrected chi connectivity index (χ0v) is 11.5. The third-order valence-electron chi connectivity index (χ3n) is 6.43. The van der Waals surface area contributed by atoms with Gasteiger partial charge in [-0.3, -0.25) is 0 Å². The summed E-state index contributed by atoms with van der Waals surface area (Å²) in [7, 11) is 0. The molecule has 3 rings (SSSR count). The molecule has 0 aromatic rings. The lowest BCUT2D eigenvalue weighted by Gasteiger charge is -2.52. The largest absolute Gasteiger partial charge is 0.478 e. The molecule has 1 spiro atoms. The molecule has 106 valence electrons. The number of hydrogen-bond donors (Lipinski definition) is 3. The molecule has 0 aliphatic heterocycles. The Balaban J connectivity index is 2.23. The normalized spacial score (nSPS) is 48.5. The zero-order chi connectivity index (χ0) is 14.0. The first-order chi connectivity index (χ1) is 8.88. The minimum absolute atomic E-state index is 0.0745. The highest BCUT2D eigenvalue weighted by molar-refractivity contribution is 5.90. The van der Waals surface area contributed by atoms with E-state index in [2.05, 4.69) is 13.8 Å². The van der Waals surface area contributed by atoms with Crippen molar-refractivity contribution >= 4 is 5.97 Å². The van der Waals surface area contributed by atoms with Gasteiger partial charge in [0.2, 0.25) is 0 Å². The molecule has 2 saturated carbocycles. The van der Waals surface area contributed by atoms with Gasteiger partial charge in [-0.2, -0.15) is 0 Å². The van der Waals surface area contributed by atoms with Crippen LogP contribution in [0.1, 0.15) is 39.5 Å². The molecule has 2 bridgehead atoms. The minimum Gasteiger partial charge on any atom is -0.478 e. The fourth-order valence-electron chi connectivity index (χ4n) is 5.40. The van der Waals surface area contributed by atoms with Gasteiger partial charge in [0, 0.05) is 17.4 Å². The van der Waals surface area contributed by atoms with Gasteiger partial charge >= 0.3 is 5.97 Å². The van der Waals surface area contributed by atoms with Crippen LogP contribution in [0.2, 0.25) is 0 Å². The Hall–Kier alpha value is -0.870. The van der Waals surface area contributed by atoms with Crippen LogP contribution in [0.5, 0.6) is 0 Å². The van der Waals surface area contributed by atoms with Crippen LogP contribution in [0.4, 0.5) is 0 Å². The van der Waals surface area contributed by atoms with E-state index in [1.165, 1.54) is 0 Å². The standard InChI is InChI=1S/C15H22O4/c1-8-3-4-9-5-10-12(13(18)19)11(17)6-15(8,10)14(9,2)7-16/h8-9,11,16-17H,3-7H2,1-2H3,(H,18,19)/t8-,9-,11+,14-,15+/m1/s1. The highest BCUT2D eigenvalue weighted by Gasteiger charge is 2.68. The summed E-state index contributed by atoms with van der Waals surface area (Å²) in [5.74, 6) is -0.310. The highest BCUT2D eigenvalue weighted by atomic mass is 16.4. The summed E-state index contributed by atoms with van der Waals surface area (Å²) >= 11 is 0. The van der Waals surface area contributed by atoms with E-state index < -0.39 is 12.1 Å². The van der Waals surface area contributed by atoms with E-state index in [-0.39, 0.29) is 23.0 Å². The number of carboxylic acid groups (broad SMARTS) is 1. The van der Waals surface area contributed by atoms with Crippen LogP contribution < -0.4 is 0 Å². The number of aliphatic hydroxyl groups is 2. The molecule has 3 aliphatic carbocycles. The molecule has 0 heterocycles. The van der Waals surface area contributed by atoms with Gasteiger partial charge in [0.25, 0.3) is 0 Å². The van der Waals surface area contributed by atoms with Crippen LogP contribution in [-0.2, 0) is 4.79 Å². The summed E-state index contributed by atoms with van der Waals surface area (Å²) in [4.78, 5) is 11.5. The number of aliphatic carboxylic acids is 1. The summed E-state index contributed by atoms with van der Waals surface area (Å²) in [5.41, 5.74) is 0.561. The topological polar surface area (TPSA) is 77.8 Å². The number of allylic oxidation sites excluding steroid dienone is 1. The Kier molecular flexibility index (Phi) is 2.64. The average Bonchev–Trinajstić information content (AvgIpc) is 2.71. The summed E-state index contributed by atoms with van der Waals surface area (Å²) < 4.78 is 0. The van der Waals surface area contributed by atoms with Crippen molar-refractivity contribution in [2.45, 2.75) is 45.6 Å². The first-order valence-electron chi connectivity index (χ1n) is 7.14. The Labute approximate surface area is 113 Å². The summed E-state index contributed by atoms with van der Waals surface area (Å²) in [5, 5.41) is 29.5. The van der Waals surface area contributed by atoms with E-state index in [0.717, 1.165) is 24.8 Å². The average molecular weight is 266 g/mol. The predicted molar refractivity (Wildman–Crippen MR) is 69.4 cm³/mol. The summed E-state index contributed by atoms with van der Waals surface area (Å²) in [6, 6.07) is 0. The molecule has 4 heteroatoms. The van der Waals surface area contributed by atoms with Gasteiger partial charge in [-0.1, -0.05) is 13.8 Å². The number of aliphatic hydroxyl groups excluding tert-OH is 2.